The molecule has 0 saturated carbocycles. The Kier molecular flexibility index (Phi) is 8.40. The lowest BCUT2D eigenvalue weighted by Gasteiger charge is -2.33. The molecule has 0 N–H and O–H groups in total. The predicted octanol–water partition coefficient (Wildman–Crippen LogP) is 5.78. The van der Waals surface area contributed by atoms with Crippen LogP contribution < -0.4 is 9.64 Å². The van der Waals surface area contributed by atoms with Crippen molar-refractivity contribution in [1.29, 1.82) is 0 Å². The van der Waals surface area contributed by atoms with Gasteiger partial charge in [-0.2, -0.15) is 0 Å². The largest absolute Gasteiger partial charge is 0.423 e. The van der Waals surface area contributed by atoms with Crippen LogP contribution in [0.3, 0.4) is 0 Å². The van der Waals surface area contributed by atoms with Crippen molar-refractivity contribution >= 4 is 17.9 Å². The minimum Gasteiger partial charge on any atom is -0.423 e. The maximum Gasteiger partial charge on any atom is 0.338 e. The molecule has 4 heteroatoms. The summed E-state index contributed by atoms with van der Waals surface area (Å²) >= 11 is 0. The van der Waals surface area contributed by atoms with Crippen LogP contribution in [0.5, 0.6) is 5.75 Å². The van der Waals surface area contributed by atoms with Crippen LogP contribution in [-0.4, -0.2) is 24.3 Å². The maximum atomic E-state index is 11.9. The van der Waals surface area contributed by atoms with Gasteiger partial charge >= 0.3 is 5.97 Å². The van der Waals surface area contributed by atoms with E-state index in [1.165, 1.54) is 11.3 Å². The SMILES string of the molecule is C=C(C)C(=O)Oc1ccc(C=O)cc1CCCc1cccc(N(C(C)C)C(C)C)c1. The normalized spacial score (nSPS) is 10.9. The first-order chi connectivity index (χ1) is 14.2. The van der Waals surface area contributed by atoms with Gasteiger partial charge in [0, 0.05) is 28.9 Å². The zero-order valence-corrected chi connectivity index (χ0v) is 18.8. The molecule has 2 rings (SSSR count). The summed E-state index contributed by atoms with van der Waals surface area (Å²) in [5.74, 6) is 0.0402. The summed E-state index contributed by atoms with van der Waals surface area (Å²) in [6.45, 7) is 14.1. The van der Waals surface area contributed by atoms with Crippen molar-refractivity contribution in [1.82, 2.24) is 0 Å². The second kappa shape index (κ2) is 10.8. The lowest BCUT2D eigenvalue weighted by Crippen LogP contribution is -2.36. The number of nitrogens with zero attached hydrogens (tertiary/aromatic N) is 1. The van der Waals surface area contributed by atoms with E-state index in [2.05, 4.69) is 63.4 Å². The molecule has 0 bridgehead atoms. The number of benzene rings is 2. The molecule has 0 amide bonds. The third-order valence-electron chi connectivity index (χ3n) is 5.00. The Hall–Kier alpha value is -2.88. The van der Waals surface area contributed by atoms with Crippen LogP contribution in [0.1, 0.15) is 62.5 Å². The van der Waals surface area contributed by atoms with E-state index >= 15 is 0 Å². The van der Waals surface area contributed by atoms with Gasteiger partial charge in [-0.1, -0.05) is 18.7 Å². The topological polar surface area (TPSA) is 46.6 Å². The molecule has 2 aromatic carbocycles. The molecule has 0 fully saturated rings. The third kappa shape index (κ3) is 6.31. The third-order valence-corrected chi connectivity index (χ3v) is 5.00. The fourth-order valence-electron chi connectivity index (χ4n) is 3.70. The van der Waals surface area contributed by atoms with Crippen molar-refractivity contribution in [2.45, 2.75) is 66.0 Å². The van der Waals surface area contributed by atoms with Gasteiger partial charge in [0.15, 0.2) is 0 Å². The second-order valence-electron chi connectivity index (χ2n) is 8.27. The van der Waals surface area contributed by atoms with Gasteiger partial charge in [-0.25, -0.2) is 4.79 Å². The molecule has 0 spiro atoms. The Labute approximate surface area is 180 Å². The fourth-order valence-corrected chi connectivity index (χ4v) is 3.70. The summed E-state index contributed by atoms with van der Waals surface area (Å²) in [5.41, 5.74) is 4.28. The number of aryl methyl sites for hydroxylation is 2. The summed E-state index contributed by atoms with van der Waals surface area (Å²) in [6, 6.07) is 14.7. The summed E-state index contributed by atoms with van der Waals surface area (Å²) in [4.78, 5) is 25.5. The second-order valence-corrected chi connectivity index (χ2v) is 8.27. The van der Waals surface area contributed by atoms with Crippen molar-refractivity contribution in [2.75, 3.05) is 4.90 Å². The highest BCUT2D eigenvalue weighted by Gasteiger charge is 2.15. The van der Waals surface area contributed by atoms with Crippen LogP contribution in [0.25, 0.3) is 0 Å². The highest BCUT2D eigenvalue weighted by molar-refractivity contribution is 5.89. The van der Waals surface area contributed by atoms with E-state index in [0.717, 1.165) is 24.7 Å². The van der Waals surface area contributed by atoms with E-state index in [0.29, 0.717) is 35.4 Å². The van der Waals surface area contributed by atoms with Gasteiger partial charge in [0.25, 0.3) is 0 Å². The molecular formula is C26H33NO3. The summed E-state index contributed by atoms with van der Waals surface area (Å²) < 4.78 is 5.45. The van der Waals surface area contributed by atoms with Crippen molar-refractivity contribution in [3.8, 4) is 5.75 Å². The van der Waals surface area contributed by atoms with Crippen LogP contribution in [0, 0.1) is 0 Å². The average molecular weight is 408 g/mol. The Balaban J connectivity index is 2.13. The van der Waals surface area contributed by atoms with E-state index in [-0.39, 0.29) is 0 Å². The number of ether oxygens (including phenoxy) is 1. The van der Waals surface area contributed by atoms with Gasteiger partial charge in [0.05, 0.1) is 0 Å². The first-order valence-electron chi connectivity index (χ1n) is 10.6. The van der Waals surface area contributed by atoms with Crippen LogP contribution in [0.2, 0.25) is 0 Å². The Morgan fingerprint density at radius 2 is 1.77 bits per heavy atom. The zero-order valence-electron chi connectivity index (χ0n) is 18.8. The Bertz CT molecular complexity index is 891. The standard InChI is InChI=1S/C26H33NO3/c1-18(2)26(29)30-25-14-13-22(17-28)15-23(25)11-7-9-21-10-8-12-24(16-21)27(19(3)4)20(5)6/h8,10,12-17,19-20H,1,7,9,11H2,2-6H3. The molecule has 30 heavy (non-hydrogen) atoms. The average Bonchev–Trinajstić information content (AvgIpc) is 2.68. The van der Waals surface area contributed by atoms with Gasteiger partial charge in [0.1, 0.15) is 12.0 Å². The molecule has 0 aliphatic carbocycles. The number of hydrogen-bond acceptors (Lipinski definition) is 4. The summed E-state index contributed by atoms with van der Waals surface area (Å²) in [6.07, 6.45) is 3.30. The van der Waals surface area contributed by atoms with Gasteiger partial charge in [-0.05, 0) is 95.3 Å². The number of esters is 1. The van der Waals surface area contributed by atoms with Gasteiger partial charge in [0.2, 0.25) is 0 Å². The first kappa shape index (κ1) is 23.4. The van der Waals surface area contributed by atoms with Crippen molar-refractivity contribution in [3.05, 3.63) is 71.3 Å². The van der Waals surface area contributed by atoms with Gasteiger partial charge in [-0.3, -0.25) is 4.79 Å². The first-order valence-corrected chi connectivity index (χ1v) is 10.6. The molecular weight excluding hydrogens is 374 g/mol. The minimum atomic E-state index is -0.453. The molecule has 0 aromatic heterocycles. The number of rotatable bonds is 10. The fraction of sp³-hybridized carbons (Fsp3) is 0.385. The Morgan fingerprint density at radius 1 is 1.07 bits per heavy atom. The lowest BCUT2D eigenvalue weighted by molar-refractivity contribution is -0.130. The molecule has 0 radical (unpaired) electrons. The molecule has 0 saturated heterocycles. The van der Waals surface area contributed by atoms with Crippen LogP contribution in [-0.2, 0) is 17.6 Å². The van der Waals surface area contributed by atoms with Gasteiger partial charge < -0.3 is 9.64 Å². The van der Waals surface area contributed by atoms with E-state index in [4.69, 9.17) is 4.74 Å². The number of carbonyl (C=O) groups is 2. The number of aldehydes is 1. The number of hydrogen-bond donors (Lipinski definition) is 0. The monoisotopic (exact) mass is 407 g/mol. The summed E-state index contributed by atoms with van der Waals surface area (Å²) in [5, 5.41) is 0. The predicted molar refractivity (Wildman–Crippen MR) is 123 cm³/mol. The molecule has 160 valence electrons. The van der Waals surface area contributed by atoms with E-state index in [1.807, 2.05) is 0 Å². The molecule has 0 heterocycles. The van der Waals surface area contributed by atoms with Crippen LogP contribution in [0.15, 0.2) is 54.6 Å². The maximum absolute atomic E-state index is 11.9. The Morgan fingerprint density at radius 3 is 2.37 bits per heavy atom. The molecule has 2 aromatic rings. The number of anilines is 1. The molecule has 0 aliphatic rings. The highest BCUT2D eigenvalue weighted by atomic mass is 16.5. The smallest absolute Gasteiger partial charge is 0.338 e. The molecule has 4 nitrogen and oxygen atoms in total. The van der Waals surface area contributed by atoms with Crippen molar-refractivity contribution < 1.29 is 14.3 Å². The van der Waals surface area contributed by atoms with Crippen LogP contribution in [0.4, 0.5) is 5.69 Å². The van der Waals surface area contributed by atoms with Crippen molar-refractivity contribution in [3.63, 3.8) is 0 Å². The van der Waals surface area contributed by atoms with E-state index in [9.17, 15) is 9.59 Å². The lowest BCUT2D eigenvalue weighted by atomic mass is 10.0. The molecule has 0 atom stereocenters. The van der Waals surface area contributed by atoms with Crippen LogP contribution >= 0.6 is 0 Å². The quantitative estimate of drug-likeness (QED) is 0.217. The summed E-state index contributed by atoms with van der Waals surface area (Å²) in [7, 11) is 0. The highest BCUT2D eigenvalue weighted by Crippen LogP contribution is 2.25. The van der Waals surface area contributed by atoms with E-state index < -0.39 is 5.97 Å². The molecule has 0 aliphatic heterocycles. The minimum absolute atomic E-state index is 0.345. The molecule has 0 unspecified atom stereocenters. The van der Waals surface area contributed by atoms with Gasteiger partial charge in [-0.15, -0.1) is 0 Å². The zero-order chi connectivity index (χ0) is 22.3. The van der Waals surface area contributed by atoms with E-state index in [1.54, 1.807) is 25.1 Å². The van der Waals surface area contributed by atoms with Crippen molar-refractivity contribution in [2.24, 2.45) is 0 Å². The number of carbonyl (C=O) groups excluding carboxylic acids is 2.